The quantitative estimate of drug-likeness (QED) is 0.599. The minimum absolute atomic E-state index is 0.968. The standard InChI is InChI=1S/C9H20.C2H3N.C2H6/c1-4-6-8-9(3)7-5-2;1-2-3;1-2/h9H,4-8H2,1-3H3;1H3;1-2H3. The van der Waals surface area contributed by atoms with E-state index in [-0.39, 0.29) is 0 Å². The predicted molar refractivity (Wildman–Crippen MR) is 66.2 cm³/mol. The number of hydrogen-bond donors (Lipinski definition) is 0. The van der Waals surface area contributed by atoms with Crippen molar-refractivity contribution in [2.75, 3.05) is 0 Å². The van der Waals surface area contributed by atoms with Crippen LogP contribution < -0.4 is 0 Å². The minimum Gasteiger partial charge on any atom is -0.199 e. The number of nitrogens with zero attached hydrogens (tertiary/aromatic N) is 1. The summed E-state index contributed by atoms with van der Waals surface area (Å²) >= 11 is 0. The Morgan fingerprint density at radius 1 is 1.07 bits per heavy atom. The predicted octanol–water partition coefficient (Wildman–Crippen LogP) is 5.17. The van der Waals surface area contributed by atoms with Gasteiger partial charge in [0, 0.05) is 6.92 Å². The van der Waals surface area contributed by atoms with Gasteiger partial charge in [0.25, 0.3) is 0 Å². The molecule has 0 N–H and O–H groups in total. The second kappa shape index (κ2) is 22.9. The number of nitriles is 1. The van der Waals surface area contributed by atoms with Crippen molar-refractivity contribution in [3.8, 4) is 6.07 Å². The summed E-state index contributed by atoms with van der Waals surface area (Å²) in [6.07, 6.45) is 6.98. The zero-order chi connectivity index (χ0) is 11.8. The van der Waals surface area contributed by atoms with Gasteiger partial charge in [-0.15, -0.1) is 0 Å². The highest BCUT2D eigenvalue weighted by Crippen LogP contribution is 2.12. The molecule has 0 radical (unpaired) electrons. The van der Waals surface area contributed by atoms with Crippen molar-refractivity contribution < 1.29 is 0 Å². The van der Waals surface area contributed by atoms with E-state index in [0.717, 1.165) is 5.92 Å². The third-order valence-electron chi connectivity index (χ3n) is 1.83. The Kier molecular flexibility index (Phi) is 31.2. The Balaban J connectivity index is -0.000000205. The van der Waals surface area contributed by atoms with Crippen LogP contribution in [-0.2, 0) is 0 Å². The Morgan fingerprint density at radius 2 is 1.50 bits per heavy atom. The Morgan fingerprint density at radius 3 is 1.79 bits per heavy atom. The van der Waals surface area contributed by atoms with E-state index in [1.165, 1.54) is 39.0 Å². The average Bonchev–Trinajstić information content (AvgIpc) is 2.20. The number of rotatable bonds is 5. The zero-order valence-corrected chi connectivity index (χ0v) is 11.1. The maximum absolute atomic E-state index is 7.32. The van der Waals surface area contributed by atoms with E-state index in [0.29, 0.717) is 0 Å². The molecular weight excluding hydrogens is 170 g/mol. The van der Waals surface area contributed by atoms with E-state index in [9.17, 15) is 0 Å². The van der Waals surface area contributed by atoms with Crippen molar-refractivity contribution in [1.82, 2.24) is 0 Å². The van der Waals surface area contributed by atoms with Crippen LogP contribution in [0.4, 0.5) is 0 Å². The Bertz CT molecular complexity index is 102. The Hall–Kier alpha value is -0.510. The van der Waals surface area contributed by atoms with Gasteiger partial charge in [0.1, 0.15) is 0 Å². The molecule has 14 heavy (non-hydrogen) atoms. The van der Waals surface area contributed by atoms with Gasteiger partial charge < -0.3 is 0 Å². The van der Waals surface area contributed by atoms with Gasteiger partial charge in [0.15, 0.2) is 0 Å². The zero-order valence-electron chi connectivity index (χ0n) is 11.1. The molecule has 0 aliphatic heterocycles. The molecule has 0 bridgehead atoms. The summed E-state index contributed by atoms with van der Waals surface area (Å²) in [5, 5.41) is 7.32. The largest absolute Gasteiger partial charge is 0.199 e. The molecule has 0 saturated heterocycles. The molecule has 0 spiro atoms. The first-order valence-electron chi connectivity index (χ1n) is 6.03. The highest BCUT2D eigenvalue weighted by atomic mass is 14.2. The van der Waals surface area contributed by atoms with E-state index in [4.69, 9.17) is 5.26 Å². The van der Waals surface area contributed by atoms with Gasteiger partial charge in [-0.3, -0.25) is 0 Å². The van der Waals surface area contributed by atoms with Crippen molar-refractivity contribution in [2.45, 2.75) is 73.6 Å². The lowest BCUT2D eigenvalue weighted by Crippen LogP contribution is -1.92. The average molecular weight is 199 g/mol. The summed E-state index contributed by atoms with van der Waals surface area (Å²) in [4.78, 5) is 0. The molecule has 1 atom stereocenters. The second-order valence-corrected chi connectivity index (χ2v) is 3.26. The minimum atomic E-state index is 0.968. The van der Waals surface area contributed by atoms with E-state index >= 15 is 0 Å². The maximum atomic E-state index is 7.32. The summed E-state index contributed by atoms with van der Waals surface area (Å²) in [6, 6.07) is 1.75. The monoisotopic (exact) mass is 199 g/mol. The van der Waals surface area contributed by atoms with Crippen LogP contribution in [-0.4, -0.2) is 0 Å². The lowest BCUT2D eigenvalue weighted by molar-refractivity contribution is 0.466. The molecule has 0 fully saturated rings. The fourth-order valence-corrected chi connectivity index (χ4v) is 1.19. The van der Waals surface area contributed by atoms with Crippen molar-refractivity contribution in [3.05, 3.63) is 0 Å². The van der Waals surface area contributed by atoms with E-state index in [1.807, 2.05) is 13.8 Å². The van der Waals surface area contributed by atoms with Crippen LogP contribution in [0.5, 0.6) is 0 Å². The van der Waals surface area contributed by atoms with Crippen molar-refractivity contribution in [3.63, 3.8) is 0 Å². The van der Waals surface area contributed by atoms with Gasteiger partial charge in [-0.1, -0.05) is 66.7 Å². The van der Waals surface area contributed by atoms with Gasteiger partial charge in [-0.05, 0) is 5.92 Å². The molecule has 0 heterocycles. The van der Waals surface area contributed by atoms with Gasteiger partial charge >= 0.3 is 0 Å². The molecular formula is C13H29N. The van der Waals surface area contributed by atoms with Crippen LogP contribution in [0.25, 0.3) is 0 Å². The highest BCUT2D eigenvalue weighted by molar-refractivity contribution is 4.51. The lowest BCUT2D eigenvalue weighted by Gasteiger charge is -2.07. The molecule has 0 saturated carbocycles. The van der Waals surface area contributed by atoms with Gasteiger partial charge in [0.05, 0.1) is 6.07 Å². The van der Waals surface area contributed by atoms with E-state index < -0.39 is 0 Å². The molecule has 0 aromatic carbocycles. The van der Waals surface area contributed by atoms with E-state index in [2.05, 4.69) is 20.8 Å². The molecule has 1 unspecified atom stereocenters. The maximum Gasteiger partial charge on any atom is 0.0587 e. The molecule has 0 aliphatic rings. The van der Waals surface area contributed by atoms with Crippen molar-refractivity contribution >= 4 is 0 Å². The topological polar surface area (TPSA) is 23.8 Å². The highest BCUT2D eigenvalue weighted by Gasteiger charge is 1.97. The molecule has 86 valence electrons. The lowest BCUT2D eigenvalue weighted by atomic mass is 10.00. The Labute approximate surface area is 91.5 Å². The summed E-state index contributed by atoms with van der Waals surface area (Å²) in [6.45, 7) is 12.3. The van der Waals surface area contributed by atoms with E-state index in [1.54, 1.807) is 6.07 Å². The van der Waals surface area contributed by atoms with Crippen LogP contribution >= 0.6 is 0 Å². The van der Waals surface area contributed by atoms with Gasteiger partial charge in [-0.25, -0.2) is 0 Å². The third-order valence-corrected chi connectivity index (χ3v) is 1.83. The van der Waals surface area contributed by atoms with Crippen LogP contribution in [0.1, 0.15) is 73.6 Å². The molecule has 1 heteroatoms. The number of hydrogen-bond acceptors (Lipinski definition) is 1. The van der Waals surface area contributed by atoms with Crippen LogP contribution in [0, 0.1) is 17.2 Å². The molecule has 1 nitrogen and oxygen atoms in total. The molecule has 0 amide bonds. The van der Waals surface area contributed by atoms with Crippen molar-refractivity contribution in [2.24, 2.45) is 5.92 Å². The SMILES string of the molecule is CC.CC#N.CCCCC(C)CCC. The third kappa shape index (κ3) is 30.0. The summed E-state index contributed by atoms with van der Waals surface area (Å²) in [5.74, 6) is 0.968. The normalized spacial score (nSPS) is 9.79. The fraction of sp³-hybridized carbons (Fsp3) is 0.923. The molecule has 0 aliphatic carbocycles. The van der Waals surface area contributed by atoms with Gasteiger partial charge in [0.2, 0.25) is 0 Å². The summed E-state index contributed by atoms with van der Waals surface area (Å²) < 4.78 is 0. The summed E-state index contributed by atoms with van der Waals surface area (Å²) in [5.41, 5.74) is 0. The first-order chi connectivity index (χ1) is 6.72. The molecule has 0 aromatic rings. The second-order valence-electron chi connectivity index (χ2n) is 3.26. The smallest absolute Gasteiger partial charge is 0.0587 e. The molecule has 0 rings (SSSR count). The van der Waals surface area contributed by atoms with Crippen LogP contribution in [0.15, 0.2) is 0 Å². The first kappa shape index (κ1) is 19.1. The first-order valence-corrected chi connectivity index (χ1v) is 6.03. The van der Waals surface area contributed by atoms with Crippen molar-refractivity contribution in [1.29, 1.82) is 5.26 Å². The van der Waals surface area contributed by atoms with Crippen LogP contribution in [0.3, 0.4) is 0 Å². The molecule has 0 aromatic heterocycles. The fourth-order valence-electron chi connectivity index (χ4n) is 1.19. The summed E-state index contributed by atoms with van der Waals surface area (Å²) in [7, 11) is 0. The van der Waals surface area contributed by atoms with Crippen LogP contribution in [0.2, 0.25) is 0 Å². The van der Waals surface area contributed by atoms with Gasteiger partial charge in [-0.2, -0.15) is 5.26 Å². The number of unbranched alkanes of at least 4 members (excludes halogenated alkanes) is 1.